The lowest BCUT2D eigenvalue weighted by Crippen LogP contribution is -2.29. The lowest BCUT2D eigenvalue weighted by molar-refractivity contribution is -0.111. The number of ether oxygens (including phenoxy) is 1. The van der Waals surface area contributed by atoms with Crippen LogP contribution in [0.2, 0.25) is 5.02 Å². The molecule has 7 nitrogen and oxygen atoms in total. The molecule has 0 unspecified atom stereocenters. The van der Waals surface area contributed by atoms with Crippen LogP contribution in [-0.4, -0.2) is 48.0 Å². The monoisotopic (exact) mass is 541 g/mol. The van der Waals surface area contributed by atoms with E-state index in [0.717, 1.165) is 49.5 Å². The first-order valence-electron chi connectivity index (χ1n) is 11.8. The second kappa shape index (κ2) is 11.9. The second-order valence-corrected chi connectivity index (χ2v) is 10.4. The Hall–Kier alpha value is -3.14. The van der Waals surface area contributed by atoms with Gasteiger partial charge in [0.2, 0.25) is 11.9 Å². The minimum absolute atomic E-state index is 0.306. The van der Waals surface area contributed by atoms with Crippen molar-refractivity contribution < 1.29 is 13.9 Å². The quantitative estimate of drug-likeness (QED) is 0.252. The van der Waals surface area contributed by atoms with Crippen molar-refractivity contribution in [2.24, 2.45) is 0 Å². The molecular formula is C27H29ClFN5O2S. The predicted octanol–water partition coefficient (Wildman–Crippen LogP) is 6.41. The number of likely N-dealkylation sites (tertiary alicyclic amines) is 1. The molecule has 0 bridgehead atoms. The fraction of sp³-hybridized carbons (Fsp3) is 0.296. The van der Waals surface area contributed by atoms with Gasteiger partial charge in [0.1, 0.15) is 16.6 Å². The molecule has 2 N–H and O–H groups in total. The predicted molar refractivity (Wildman–Crippen MR) is 147 cm³/mol. The van der Waals surface area contributed by atoms with Crippen LogP contribution in [0.25, 0.3) is 0 Å². The lowest BCUT2D eigenvalue weighted by atomic mass is 9.86. The van der Waals surface area contributed by atoms with Crippen molar-refractivity contribution in [1.29, 1.82) is 0 Å². The minimum Gasteiger partial charge on any atom is -0.495 e. The molecule has 3 aromatic rings. The normalized spacial score (nSPS) is 14.3. The van der Waals surface area contributed by atoms with Gasteiger partial charge in [-0.25, -0.2) is 14.4 Å². The Labute approximate surface area is 225 Å². The van der Waals surface area contributed by atoms with Gasteiger partial charge in [-0.3, -0.25) is 4.79 Å². The van der Waals surface area contributed by atoms with Crippen molar-refractivity contribution in [3.05, 3.63) is 71.2 Å². The van der Waals surface area contributed by atoms with E-state index in [1.165, 1.54) is 29.5 Å². The number of carbonyl (C=O) groups is 1. The summed E-state index contributed by atoms with van der Waals surface area (Å²) in [5.41, 5.74) is 3.53. The number of piperidine rings is 1. The van der Waals surface area contributed by atoms with Crippen LogP contribution < -0.4 is 15.4 Å². The number of aryl methyl sites for hydroxylation is 1. The molecule has 0 atom stereocenters. The molecule has 1 amide bonds. The highest BCUT2D eigenvalue weighted by Gasteiger charge is 2.22. The lowest BCUT2D eigenvalue weighted by Gasteiger charge is -2.30. The van der Waals surface area contributed by atoms with Crippen molar-refractivity contribution in [3.63, 3.8) is 0 Å². The molecule has 2 heterocycles. The van der Waals surface area contributed by atoms with Crippen LogP contribution in [0.3, 0.4) is 0 Å². The summed E-state index contributed by atoms with van der Waals surface area (Å²) in [7, 11) is 3.80. The molecule has 1 saturated heterocycles. The summed E-state index contributed by atoms with van der Waals surface area (Å²) in [5.74, 6) is 0.603. The van der Waals surface area contributed by atoms with Gasteiger partial charge in [0.15, 0.2) is 0 Å². The van der Waals surface area contributed by atoms with Crippen LogP contribution in [0.15, 0.2) is 59.1 Å². The molecule has 1 aliphatic heterocycles. The molecule has 1 aromatic heterocycles. The summed E-state index contributed by atoms with van der Waals surface area (Å²) in [4.78, 5) is 23.3. The number of nitrogens with one attached hydrogen (secondary N) is 2. The van der Waals surface area contributed by atoms with Gasteiger partial charge in [0.25, 0.3) is 0 Å². The van der Waals surface area contributed by atoms with Gasteiger partial charge in [-0.1, -0.05) is 29.9 Å². The van der Waals surface area contributed by atoms with E-state index in [0.29, 0.717) is 38.2 Å². The Morgan fingerprint density at radius 1 is 1.27 bits per heavy atom. The van der Waals surface area contributed by atoms with Gasteiger partial charge in [-0.15, -0.1) is 0 Å². The molecule has 0 saturated carbocycles. The van der Waals surface area contributed by atoms with E-state index in [4.69, 9.17) is 16.3 Å². The molecule has 2 aromatic carbocycles. The molecular weight excluding hydrogens is 513 g/mol. The van der Waals surface area contributed by atoms with Gasteiger partial charge in [0, 0.05) is 10.6 Å². The summed E-state index contributed by atoms with van der Waals surface area (Å²) < 4.78 is 19.9. The Morgan fingerprint density at radius 3 is 2.73 bits per heavy atom. The van der Waals surface area contributed by atoms with Crippen LogP contribution in [0.4, 0.5) is 21.7 Å². The molecule has 0 aliphatic carbocycles. The second-order valence-electron chi connectivity index (χ2n) is 8.93. The number of aromatic nitrogens is 2. The number of nitrogens with zero attached hydrogens (tertiary/aromatic N) is 3. The van der Waals surface area contributed by atoms with E-state index < -0.39 is 11.7 Å². The fourth-order valence-electron chi connectivity index (χ4n) is 4.33. The van der Waals surface area contributed by atoms with Crippen molar-refractivity contribution in [2.45, 2.75) is 35.6 Å². The Balaban J connectivity index is 1.56. The summed E-state index contributed by atoms with van der Waals surface area (Å²) in [6.07, 6.45) is 4.85. The molecule has 10 heteroatoms. The van der Waals surface area contributed by atoms with E-state index in [2.05, 4.69) is 58.2 Å². The van der Waals surface area contributed by atoms with E-state index in [9.17, 15) is 9.18 Å². The fourth-order valence-corrected chi connectivity index (χ4v) is 5.40. The van der Waals surface area contributed by atoms with Gasteiger partial charge < -0.3 is 20.3 Å². The number of halogens is 2. The van der Waals surface area contributed by atoms with Crippen LogP contribution in [0.5, 0.6) is 5.75 Å². The van der Waals surface area contributed by atoms with Gasteiger partial charge in [-0.2, -0.15) is 0 Å². The maximum atomic E-state index is 14.2. The third kappa shape index (κ3) is 6.80. The summed E-state index contributed by atoms with van der Waals surface area (Å²) in [6.45, 7) is 7.68. The zero-order chi connectivity index (χ0) is 26.5. The number of hydrogen-bond donors (Lipinski definition) is 2. The van der Waals surface area contributed by atoms with Crippen LogP contribution in [0, 0.1) is 12.7 Å². The number of benzene rings is 2. The Morgan fingerprint density at radius 2 is 2.03 bits per heavy atom. The first-order chi connectivity index (χ1) is 17.7. The molecule has 37 heavy (non-hydrogen) atoms. The van der Waals surface area contributed by atoms with E-state index in [1.54, 1.807) is 13.2 Å². The van der Waals surface area contributed by atoms with Crippen molar-refractivity contribution >= 4 is 46.6 Å². The molecule has 1 fully saturated rings. The van der Waals surface area contributed by atoms with Crippen molar-refractivity contribution in [3.8, 4) is 5.75 Å². The van der Waals surface area contributed by atoms with E-state index in [-0.39, 0.29) is 0 Å². The average molecular weight is 542 g/mol. The standard InChI is InChI=1S/C27H29ClFN5O2S/c1-5-25(35)31-19-11-18(29)12-20(13-19)37-26-22(28)15-30-27(33-26)32-23-10-16(2)21(14-24(23)36-4)17-6-8-34(3)9-7-17/h5,10-15,17H,1,6-9H2,2-4H3,(H,31,35)(H,30,32,33). The van der Waals surface area contributed by atoms with Gasteiger partial charge >= 0.3 is 0 Å². The van der Waals surface area contributed by atoms with Crippen LogP contribution in [0.1, 0.15) is 29.9 Å². The highest BCUT2D eigenvalue weighted by Crippen LogP contribution is 2.38. The van der Waals surface area contributed by atoms with Crippen molar-refractivity contribution in [2.75, 3.05) is 37.9 Å². The van der Waals surface area contributed by atoms with E-state index in [1.807, 2.05) is 0 Å². The third-order valence-electron chi connectivity index (χ3n) is 6.24. The van der Waals surface area contributed by atoms with E-state index >= 15 is 0 Å². The maximum absolute atomic E-state index is 14.2. The first kappa shape index (κ1) is 26.9. The average Bonchev–Trinajstić information content (AvgIpc) is 2.86. The topological polar surface area (TPSA) is 79.4 Å². The van der Waals surface area contributed by atoms with Gasteiger partial charge in [0.05, 0.1) is 24.0 Å². The largest absolute Gasteiger partial charge is 0.495 e. The molecule has 4 rings (SSSR count). The zero-order valence-electron chi connectivity index (χ0n) is 21.0. The smallest absolute Gasteiger partial charge is 0.247 e. The molecule has 0 radical (unpaired) electrons. The number of anilines is 3. The molecule has 1 aliphatic rings. The maximum Gasteiger partial charge on any atom is 0.247 e. The Kier molecular flexibility index (Phi) is 8.68. The number of carbonyl (C=O) groups excluding carboxylic acids is 1. The number of methoxy groups -OCH3 is 1. The third-order valence-corrected chi connectivity index (χ3v) is 7.61. The minimum atomic E-state index is -0.502. The number of hydrogen-bond acceptors (Lipinski definition) is 7. The van der Waals surface area contributed by atoms with Crippen LogP contribution >= 0.6 is 23.4 Å². The van der Waals surface area contributed by atoms with Crippen LogP contribution in [-0.2, 0) is 4.79 Å². The Bertz CT molecular complexity index is 1310. The number of rotatable bonds is 8. The SMILES string of the molecule is C=CC(=O)Nc1cc(F)cc(Sc2nc(Nc3cc(C)c(C4CCN(C)CC4)cc3OC)ncc2Cl)c1. The highest BCUT2D eigenvalue weighted by molar-refractivity contribution is 7.99. The first-order valence-corrected chi connectivity index (χ1v) is 13.0. The zero-order valence-corrected chi connectivity index (χ0v) is 22.5. The molecule has 194 valence electrons. The summed E-state index contributed by atoms with van der Waals surface area (Å²) >= 11 is 7.52. The number of amides is 1. The summed E-state index contributed by atoms with van der Waals surface area (Å²) in [6, 6.07) is 8.36. The highest BCUT2D eigenvalue weighted by atomic mass is 35.5. The van der Waals surface area contributed by atoms with Gasteiger partial charge in [-0.05, 0) is 93.4 Å². The molecule has 0 spiro atoms. The summed E-state index contributed by atoms with van der Waals surface area (Å²) in [5, 5.41) is 6.55. The van der Waals surface area contributed by atoms with Crippen molar-refractivity contribution in [1.82, 2.24) is 14.9 Å².